The van der Waals surface area contributed by atoms with Gasteiger partial charge < -0.3 is 4.98 Å². The van der Waals surface area contributed by atoms with Crippen molar-refractivity contribution >= 4 is 11.0 Å². The highest BCUT2D eigenvalue weighted by atomic mass is 19.4. The Hall–Kier alpha value is -3.08. The largest absolute Gasteiger partial charge is 0.436 e. The maximum atomic E-state index is 13.2. The molecular weight excluding hydrogens is 309 g/mol. The maximum absolute atomic E-state index is 13.2. The van der Waals surface area contributed by atoms with Crippen molar-refractivity contribution in [2.45, 2.75) is 13.1 Å². The van der Waals surface area contributed by atoms with Gasteiger partial charge in [-0.1, -0.05) is 0 Å². The Balaban J connectivity index is 2.38. The molecule has 0 aliphatic heterocycles. The predicted molar refractivity (Wildman–Crippen MR) is 76.1 cm³/mol. The lowest BCUT2D eigenvalue weighted by Crippen LogP contribution is -2.11. The van der Waals surface area contributed by atoms with Gasteiger partial charge in [-0.3, -0.25) is 4.79 Å². The number of nitrogens with one attached hydrogen (secondary N) is 1. The molecule has 0 spiro atoms. The van der Waals surface area contributed by atoms with E-state index in [0.717, 1.165) is 10.7 Å². The standard InChI is InChI=1S/C15H9F3N4O/c1-8-6-9(7-19)2-3-10(8)22-14-12(11(23)4-5-20-14)13(21-22)15(16,17)18/h2-6H,1H3,(H,20,23). The summed E-state index contributed by atoms with van der Waals surface area (Å²) >= 11 is 0. The van der Waals surface area contributed by atoms with Crippen molar-refractivity contribution < 1.29 is 13.2 Å². The smallest absolute Gasteiger partial charge is 0.346 e. The van der Waals surface area contributed by atoms with Crippen molar-refractivity contribution in [1.82, 2.24) is 14.8 Å². The van der Waals surface area contributed by atoms with Crippen LogP contribution in [0, 0.1) is 18.3 Å². The molecule has 0 saturated carbocycles. The van der Waals surface area contributed by atoms with Gasteiger partial charge >= 0.3 is 6.18 Å². The number of fused-ring (bicyclic) bond motifs is 1. The molecule has 3 rings (SSSR count). The molecule has 1 aromatic carbocycles. The third-order valence-electron chi connectivity index (χ3n) is 3.41. The van der Waals surface area contributed by atoms with E-state index in [2.05, 4.69) is 10.1 Å². The minimum atomic E-state index is -4.75. The van der Waals surface area contributed by atoms with Crippen molar-refractivity contribution in [1.29, 1.82) is 5.26 Å². The van der Waals surface area contributed by atoms with Gasteiger partial charge in [-0.2, -0.15) is 23.5 Å². The molecule has 0 saturated heterocycles. The molecule has 0 radical (unpaired) electrons. The monoisotopic (exact) mass is 318 g/mol. The SMILES string of the molecule is Cc1cc(C#N)ccc1-n1nc(C(F)(F)F)c2c(=O)cc[nH]c21. The van der Waals surface area contributed by atoms with Gasteiger partial charge in [-0.05, 0) is 30.7 Å². The number of H-pyrrole nitrogens is 1. The minimum Gasteiger partial charge on any atom is -0.346 e. The van der Waals surface area contributed by atoms with Crippen molar-refractivity contribution in [3.8, 4) is 11.8 Å². The van der Waals surface area contributed by atoms with Gasteiger partial charge in [-0.25, -0.2) is 4.68 Å². The second-order valence-corrected chi connectivity index (χ2v) is 4.94. The molecule has 2 aromatic heterocycles. The Morgan fingerprint density at radius 3 is 2.65 bits per heavy atom. The highest BCUT2D eigenvalue weighted by molar-refractivity contribution is 5.80. The van der Waals surface area contributed by atoms with Crippen LogP contribution in [-0.2, 0) is 6.18 Å². The fraction of sp³-hybridized carbons (Fsp3) is 0.133. The highest BCUT2D eigenvalue weighted by Crippen LogP contribution is 2.33. The number of halogens is 3. The van der Waals surface area contributed by atoms with E-state index in [-0.39, 0.29) is 5.65 Å². The van der Waals surface area contributed by atoms with E-state index in [4.69, 9.17) is 5.26 Å². The van der Waals surface area contributed by atoms with Crippen molar-refractivity contribution in [3.05, 3.63) is 57.5 Å². The van der Waals surface area contributed by atoms with E-state index < -0.39 is 22.7 Å². The lowest BCUT2D eigenvalue weighted by molar-refractivity contribution is -0.140. The Morgan fingerprint density at radius 2 is 2.04 bits per heavy atom. The molecule has 2 heterocycles. The summed E-state index contributed by atoms with van der Waals surface area (Å²) in [5.41, 5.74) is -0.746. The van der Waals surface area contributed by atoms with Crippen molar-refractivity contribution in [2.24, 2.45) is 0 Å². The Labute approximate surface area is 127 Å². The zero-order chi connectivity index (χ0) is 16.8. The first-order valence-electron chi connectivity index (χ1n) is 6.51. The molecule has 23 heavy (non-hydrogen) atoms. The molecule has 1 N–H and O–H groups in total. The molecule has 0 atom stereocenters. The van der Waals surface area contributed by atoms with Crippen LogP contribution in [0.25, 0.3) is 16.7 Å². The summed E-state index contributed by atoms with van der Waals surface area (Å²) in [6.45, 7) is 1.65. The number of rotatable bonds is 1. The summed E-state index contributed by atoms with van der Waals surface area (Å²) in [5.74, 6) is 0. The van der Waals surface area contributed by atoms with Crippen molar-refractivity contribution in [3.63, 3.8) is 0 Å². The van der Waals surface area contributed by atoms with Crippen LogP contribution >= 0.6 is 0 Å². The number of benzene rings is 1. The van der Waals surface area contributed by atoms with Gasteiger partial charge in [0.25, 0.3) is 0 Å². The molecular formula is C15H9F3N4O. The summed E-state index contributed by atoms with van der Waals surface area (Å²) in [7, 11) is 0. The Kier molecular flexibility index (Phi) is 3.21. The van der Waals surface area contributed by atoms with Gasteiger partial charge in [0.05, 0.1) is 22.7 Å². The number of hydrogen-bond donors (Lipinski definition) is 1. The summed E-state index contributed by atoms with van der Waals surface area (Å²) in [6, 6.07) is 7.48. The normalized spacial score (nSPS) is 11.6. The zero-order valence-corrected chi connectivity index (χ0v) is 11.8. The summed E-state index contributed by atoms with van der Waals surface area (Å²) < 4.78 is 40.6. The summed E-state index contributed by atoms with van der Waals surface area (Å²) in [6.07, 6.45) is -3.49. The van der Waals surface area contributed by atoms with E-state index in [1.54, 1.807) is 6.92 Å². The second-order valence-electron chi connectivity index (χ2n) is 4.94. The maximum Gasteiger partial charge on any atom is 0.436 e. The van der Waals surface area contributed by atoms with Gasteiger partial charge in [0.15, 0.2) is 11.1 Å². The number of alkyl halides is 3. The molecule has 0 aliphatic rings. The highest BCUT2D eigenvalue weighted by Gasteiger charge is 2.38. The second kappa shape index (κ2) is 4.98. The van der Waals surface area contributed by atoms with Crippen LogP contribution < -0.4 is 5.43 Å². The average molecular weight is 318 g/mol. The Bertz CT molecular complexity index is 1010. The van der Waals surface area contributed by atoms with Gasteiger partial charge in [0, 0.05) is 12.3 Å². The number of aromatic nitrogens is 3. The molecule has 8 heteroatoms. The topological polar surface area (TPSA) is 74.5 Å². The first-order valence-corrected chi connectivity index (χ1v) is 6.51. The van der Waals surface area contributed by atoms with Crippen LogP contribution in [-0.4, -0.2) is 14.8 Å². The first kappa shape index (κ1) is 14.8. The number of nitriles is 1. The molecule has 0 fully saturated rings. The van der Waals surface area contributed by atoms with Crippen molar-refractivity contribution in [2.75, 3.05) is 0 Å². The lowest BCUT2D eigenvalue weighted by atomic mass is 10.1. The van der Waals surface area contributed by atoms with Crippen LogP contribution in [0.15, 0.2) is 35.3 Å². The zero-order valence-electron chi connectivity index (χ0n) is 11.8. The van der Waals surface area contributed by atoms with Gasteiger partial charge in [0.2, 0.25) is 0 Å². The number of aryl methyl sites for hydroxylation is 1. The van der Waals surface area contributed by atoms with E-state index in [1.165, 1.54) is 24.4 Å². The van der Waals surface area contributed by atoms with Crippen LogP contribution in [0.4, 0.5) is 13.2 Å². The van der Waals surface area contributed by atoms with Crippen LogP contribution in [0.3, 0.4) is 0 Å². The molecule has 116 valence electrons. The van der Waals surface area contributed by atoms with Gasteiger partial charge in [0.1, 0.15) is 5.65 Å². The van der Waals surface area contributed by atoms with E-state index in [1.807, 2.05) is 6.07 Å². The quantitative estimate of drug-likeness (QED) is 0.749. The predicted octanol–water partition coefficient (Wildman–Crippen LogP) is 2.91. The van der Waals surface area contributed by atoms with Gasteiger partial charge in [-0.15, -0.1) is 0 Å². The first-order chi connectivity index (χ1) is 10.8. The molecule has 5 nitrogen and oxygen atoms in total. The molecule has 3 aromatic rings. The fourth-order valence-electron chi connectivity index (χ4n) is 2.40. The lowest BCUT2D eigenvalue weighted by Gasteiger charge is -2.07. The minimum absolute atomic E-state index is 0.0439. The number of aromatic amines is 1. The van der Waals surface area contributed by atoms with E-state index >= 15 is 0 Å². The molecule has 0 unspecified atom stereocenters. The average Bonchev–Trinajstić information content (AvgIpc) is 2.88. The summed E-state index contributed by atoms with van der Waals surface area (Å²) in [4.78, 5) is 14.5. The third-order valence-corrected chi connectivity index (χ3v) is 3.41. The molecule has 0 bridgehead atoms. The molecule has 0 aliphatic carbocycles. The van der Waals surface area contributed by atoms with E-state index in [9.17, 15) is 18.0 Å². The number of pyridine rings is 1. The van der Waals surface area contributed by atoms with Crippen LogP contribution in [0.5, 0.6) is 0 Å². The summed E-state index contributed by atoms with van der Waals surface area (Å²) in [5, 5.41) is 11.9. The number of nitrogens with zero attached hydrogens (tertiary/aromatic N) is 3. The Morgan fingerprint density at radius 1 is 1.30 bits per heavy atom. The molecule has 0 amide bonds. The fourth-order valence-corrected chi connectivity index (χ4v) is 2.40. The van der Waals surface area contributed by atoms with Crippen LogP contribution in [0.1, 0.15) is 16.8 Å². The third kappa shape index (κ3) is 2.36. The van der Waals surface area contributed by atoms with E-state index in [0.29, 0.717) is 16.8 Å². The van der Waals surface area contributed by atoms with Crippen LogP contribution in [0.2, 0.25) is 0 Å². The number of hydrogen-bond acceptors (Lipinski definition) is 3.